The Kier molecular flexibility index (Phi) is 3.76. The molecule has 0 saturated heterocycles. The number of carbonyl (C=O) groups excluding carboxylic acids is 1. The Balaban J connectivity index is 1.73. The zero-order chi connectivity index (χ0) is 12.3. The van der Waals surface area contributed by atoms with Gasteiger partial charge in [0.1, 0.15) is 6.61 Å². The van der Waals surface area contributed by atoms with E-state index in [1.54, 1.807) is 0 Å². The maximum atomic E-state index is 10.5. The highest BCUT2D eigenvalue weighted by Gasteiger charge is 2.30. The highest BCUT2D eigenvalue weighted by Crippen LogP contribution is 2.36. The largest absolute Gasteiger partial charge is 0.368 e. The summed E-state index contributed by atoms with van der Waals surface area (Å²) in [6.07, 6.45) is 2.09. The molecule has 0 heterocycles. The summed E-state index contributed by atoms with van der Waals surface area (Å²) in [5.41, 5.74) is 10.5. The van der Waals surface area contributed by atoms with Gasteiger partial charge in [-0.3, -0.25) is 9.63 Å². The van der Waals surface area contributed by atoms with Crippen LogP contribution >= 0.6 is 0 Å². The van der Waals surface area contributed by atoms with Crippen LogP contribution in [0.4, 0.5) is 0 Å². The van der Waals surface area contributed by atoms with Gasteiger partial charge in [-0.25, -0.2) is 0 Å². The van der Waals surface area contributed by atoms with Gasteiger partial charge in [0.05, 0.1) is 0 Å². The quantitative estimate of drug-likeness (QED) is 0.754. The zero-order valence-corrected chi connectivity index (χ0v) is 9.98. The lowest BCUT2D eigenvalue weighted by atomic mass is 9.76. The predicted octanol–water partition coefficient (Wildman–Crippen LogP) is 1.25. The molecule has 1 amide bonds. The van der Waals surface area contributed by atoms with E-state index in [9.17, 15) is 4.79 Å². The number of amides is 1. The van der Waals surface area contributed by atoms with Crippen molar-refractivity contribution in [3.05, 3.63) is 35.4 Å². The van der Waals surface area contributed by atoms with Crippen molar-refractivity contribution in [3.8, 4) is 0 Å². The maximum Gasteiger partial charge on any atom is 0.245 e. The minimum atomic E-state index is -0.452. The molecular weight excluding hydrogens is 216 g/mol. The molecule has 2 rings (SSSR count). The van der Waals surface area contributed by atoms with E-state index in [-0.39, 0.29) is 6.61 Å². The van der Waals surface area contributed by atoms with Crippen molar-refractivity contribution in [3.63, 3.8) is 0 Å². The van der Waals surface area contributed by atoms with Crippen LogP contribution in [-0.4, -0.2) is 18.6 Å². The number of nitrogens with one attached hydrogen (secondary N) is 1. The van der Waals surface area contributed by atoms with Crippen molar-refractivity contribution in [2.75, 3.05) is 6.61 Å². The molecule has 3 N–H and O–H groups in total. The molecule has 0 radical (unpaired) electrons. The first kappa shape index (κ1) is 12.1. The van der Waals surface area contributed by atoms with E-state index < -0.39 is 5.91 Å². The van der Waals surface area contributed by atoms with Gasteiger partial charge in [-0.15, -0.1) is 0 Å². The fourth-order valence-electron chi connectivity index (χ4n) is 2.14. The van der Waals surface area contributed by atoms with Crippen molar-refractivity contribution in [1.82, 2.24) is 5.48 Å². The monoisotopic (exact) mass is 234 g/mol. The molecule has 0 atom stereocenters. The Morgan fingerprint density at radius 2 is 2.29 bits per heavy atom. The zero-order valence-electron chi connectivity index (χ0n) is 9.98. The highest BCUT2D eigenvalue weighted by molar-refractivity contribution is 5.74. The Bertz CT molecular complexity index is 400. The molecule has 1 aliphatic carbocycles. The van der Waals surface area contributed by atoms with Crippen LogP contribution in [0.3, 0.4) is 0 Å². The first-order chi connectivity index (χ1) is 8.15. The summed E-state index contributed by atoms with van der Waals surface area (Å²) < 4.78 is 0. The first-order valence-electron chi connectivity index (χ1n) is 5.87. The second kappa shape index (κ2) is 5.29. The molecule has 0 aromatic heterocycles. The van der Waals surface area contributed by atoms with Crippen LogP contribution < -0.4 is 11.2 Å². The average Bonchev–Trinajstić information content (AvgIpc) is 2.21. The molecular formula is C13H18N2O2. The van der Waals surface area contributed by atoms with Crippen molar-refractivity contribution in [2.24, 2.45) is 5.73 Å². The molecule has 4 nitrogen and oxygen atoms in total. The van der Waals surface area contributed by atoms with Crippen LogP contribution in [0.1, 0.15) is 29.9 Å². The van der Waals surface area contributed by atoms with E-state index in [0.717, 1.165) is 12.8 Å². The van der Waals surface area contributed by atoms with E-state index in [2.05, 4.69) is 36.7 Å². The molecule has 0 aliphatic heterocycles. The van der Waals surface area contributed by atoms with E-state index in [1.165, 1.54) is 11.1 Å². The summed E-state index contributed by atoms with van der Waals surface area (Å²) in [6.45, 7) is 2.04. The third-order valence-corrected chi connectivity index (χ3v) is 3.12. The normalized spacial score (nSPS) is 23.1. The van der Waals surface area contributed by atoms with Gasteiger partial charge in [0.15, 0.2) is 0 Å². The fourth-order valence-corrected chi connectivity index (χ4v) is 2.14. The van der Waals surface area contributed by atoms with Gasteiger partial charge in [0, 0.05) is 6.04 Å². The number of benzene rings is 1. The molecule has 4 heteroatoms. The number of hydrogen-bond donors (Lipinski definition) is 2. The lowest BCUT2D eigenvalue weighted by molar-refractivity contribution is -0.126. The Morgan fingerprint density at radius 3 is 2.94 bits per heavy atom. The smallest absolute Gasteiger partial charge is 0.245 e. The predicted molar refractivity (Wildman–Crippen MR) is 65.2 cm³/mol. The lowest BCUT2D eigenvalue weighted by Crippen LogP contribution is -2.41. The van der Waals surface area contributed by atoms with E-state index in [4.69, 9.17) is 10.6 Å². The number of hydrogen-bond acceptors (Lipinski definition) is 3. The standard InChI is InChI=1S/C13H18N2O2/c1-9-3-2-4-10(5-9)11-6-12(7-11)15-17-8-13(14)16/h2-5,11-12,15H,6-8H2,1H3,(H2,14,16). The summed E-state index contributed by atoms with van der Waals surface area (Å²) in [6, 6.07) is 8.92. The summed E-state index contributed by atoms with van der Waals surface area (Å²) in [4.78, 5) is 15.5. The molecule has 0 bridgehead atoms. The molecule has 0 spiro atoms. The molecule has 1 fully saturated rings. The second-order valence-corrected chi connectivity index (χ2v) is 4.65. The summed E-state index contributed by atoms with van der Waals surface area (Å²) in [5.74, 6) is 0.150. The van der Waals surface area contributed by atoms with Crippen LogP contribution in [0.2, 0.25) is 0 Å². The molecule has 1 aromatic carbocycles. The van der Waals surface area contributed by atoms with Crippen LogP contribution in [0, 0.1) is 6.92 Å². The number of carbonyl (C=O) groups is 1. The van der Waals surface area contributed by atoms with E-state index in [1.807, 2.05) is 0 Å². The van der Waals surface area contributed by atoms with E-state index in [0.29, 0.717) is 12.0 Å². The minimum absolute atomic E-state index is 0.0639. The second-order valence-electron chi connectivity index (χ2n) is 4.65. The van der Waals surface area contributed by atoms with Crippen LogP contribution in [0.25, 0.3) is 0 Å². The SMILES string of the molecule is Cc1cccc(C2CC(NOCC(N)=O)C2)c1. The number of hydroxylamine groups is 1. The highest BCUT2D eigenvalue weighted by atomic mass is 16.6. The van der Waals surface area contributed by atoms with E-state index >= 15 is 0 Å². The Morgan fingerprint density at radius 1 is 1.53 bits per heavy atom. The molecule has 1 aliphatic rings. The third kappa shape index (κ3) is 3.28. The van der Waals surface area contributed by atoms with Crippen molar-refractivity contribution >= 4 is 5.91 Å². The molecule has 1 aromatic rings. The molecule has 0 unspecified atom stereocenters. The minimum Gasteiger partial charge on any atom is -0.368 e. The first-order valence-corrected chi connectivity index (χ1v) is 5.87. The third-order valence-electron chi connectivity index (χ3n) is 3.12. The van der Waals surface area contributed by atoms with Crippen molar-refractivity contribution < 1.29 is 9.63 Å². The maximum absolute atomic E-state index is 10.5. The number of primary amides is 1. The number of aryl methyl sites for hydroxylation is 1. The summed E-state index contributed by atoms with van der Waals surface area (Å²) in [5, 5.41) is 0. The summed E-state index contributed by atoms with van der Waals surface area (Å²) in [7, 11) is 0. The van der Waals surface area contributed by atoms with Crippen molar-refractivity contribution in [2.45, 2.75) is 31.7 Å². The lowest BCUT2D eigenvalue weighted by Gasteiger charge is -2.35. The van der Waals surface area contributed by atoms with Gasteiger partial charge in [-0.05, 0) is 31.2 Å². The number of nitrogens with two attached hydrogens (primary N) is 1. The topological polar surface area (TPSA) is 64.3 Å². The van der Waals surface area contributed by atoms with Gasteiger partial charge in [0.25, 0.3) is 0 Å². The van der Waals surface area contributed by atoms with Crippen LogP contribution in [0.15, 0.2) is 24.3 Å². The van der Waals surface area contributed by atoms with Crippen molar-refractivity contribution in [1.29, 1.82) is 0 Å². The Labute approximate surface area is 101 Å². The van der Waals surface area contributed by atoms with Gasteiger partial charge < -0.3 is 5.73 Å². The van der Waals surface area contributed by atoms with Gasteiger partial charge in [0.2, 0.25) is 5.91 Å². The van der Waals surface area contributed by atoms with Gasteiger partial charge >= 0.3 is 0 Å². The molecule has 92 valence electrons. The molecule has 1 saturated carbocycles. The van der Waals surface area contributed by atoms with Crippen LogP contribution in [-0.2, 0) is 9.63 Å². The average molecular weight is 234 g/mol. The van der Waals surface area contributed by atoms with Gasteiger partial charge in [-0.1, -0.05) is 29.8 Å². The molecule has 17 heavy (non-hydrogen) atoms. The number of rotatable bonds is 5. The fraction of sp³-hybridized carbons (Fsp3) is 0.462. The van der Waals surface area contributed by atoms with Crippen LogP contribution in [0.5, 0.6) is 0 Å². The Hall–Kier alpha value is -1.39. The van der Waals surface area contributed by atoms with Gasteiger partial charge in [-0.2, -0.15) is 5.48 Å². The summed E-state index contributed by atoms with van der Waals surface area (Å²) >= 11 is 0.